The van der Waals surface area contributed by atoms with Crippen LogP contribution < -0.4 is 9.04 Å². The maximum absolute atomic E-state index is 13.6. The molecule has 0 spiro atoms. The van der Waals surface area contributed by atoms with Crippen LogP contribution in [0, 0.1) is 11.7 Å². The monoisotopic (exact) mass is 491 g/mol. The van der Waals surface area contributed by atoms with Gasteiger partial charge in [-0.15, -0.1) is 0 Å². The van der Waals surface area contributed by atoms with E-state index in [1.165, 1.54) is 23.4 Å². The Kier molecular flexibility index (Phi) is 7.35. The SMILES string of the molecule is CC(=O)C[C@@H](C)[C@@H]1CN(S(=O)(=O)c2ccc(F)cc2)c2cc(CC(=O)OC(C)(C)C)ccc2O1. The molecule has 0 N–H and O–H groups in total. The van der Waals surface area contributed by atoms with E-state index in [0.717, 1.165) is 12.1 Å². The molecule has 2 aromatic carbocycles. The first-order valence-corrected chi connectivity index (χ1v) is 12.5. The van der Waals surface area contributed by atoms with E-state index in [1.807, 2.05) is 6.92 Å². The molecule has 3 rings (SSSR count). The summed E-state index contributed by atoms with van der Waals surface area (Å²) >= 11 is 0. The molecule has 34 heavy (non-hydrogen) atoms. The Labute approximate surface area is 199 Å². The van der Waals surface area contributed by atoms with Crippen molar-refractivity contribution in [2.75, 3.05) is 10.8 Å². The predicted molar refractivity (Wildman–Crippen MR) is 126 cm³/mol. The maximum Gasteiger partial charge on any atom is 0.310 e. The number of Topliss-reactive ketones (excluding diaryl/α,β-unsaturated/α-hetero) is 1. The molecule has 1 aliphatic heterocycles. The van der Waals surface area contributed by atoms with Gasteiger partial charge in [0.1, 0.15) is 29.1 Å². The van der Waals surface area contributed by atoms with Gasteiger partial charge in [0.25, 0.3) is 10.0 Å². The van der Waals surface area contributed by atoms with E-state index in [2.05, 4.69) is 0 Å². The van der Waals surface area contributed by atoms with Gasteiger partial charge in [-0.2, -0.15) is 0 Å². The molecule has 0 fully saturated rings. The Morgan fingerprint density at radius 1 is 1.18 bits per heavy atom. The van der Waals surface area contributed by atoms with Gasteiger partial charge in [0.15, 0.2) is 0 Å². The summed E-state index contributed by atoms with van der Waals surface area (Å²) < 4.78 is 53.2. The van der Waals surface area contributed by atoms with Crippen LogP contribution in [0.2, 0.25) is 0 Å². The van der Waals surface area contributed by atoms with Crippen molar-refractivity contribution >= 4 is 27.5 Å². The maximum atomic E-state index is 13.6. The van der Waals surface area contributed by atoms with Crippen LogP contribution in [-0.4, -0.2) is 38.4 Å². The zero-order chi connectivity index (χ0) is 25.3. The first kappa shape index (κ1) is 25.7. The summed E-state index contributed by atoms with van der Waals surface area (Å²) in [4.78, 5) is 23.9. The fourth-order valence-corrected chi connectivity index (χ4v) is 5.30. The van der Waals surface area contributed by atoms with Gasteiger partial charge in [-0.05, 0) is 69.7 Å². The van der Waals surface area contributed by atoms with Crippen molar-refractivity contribution in [2.24, 2.45) is 5.92 Å². The molecule has 0 amide bonds. The number of ketones is 1. The zero-order valence-electron chi connectivity index (χ0n) is 20.0. The number of hydrogen-bond acceptors (Lipinski definition) is 6. The van der Waals surface area contributed by atoms with Crippen molar-refractivity contribution in [3.05, 3.63) is 53.8 Å². The normalized spacial score (nSPS) is 16.9. The number of fused-ring (bicyclic) bond motifs is 1. The molecule has 0 saturated carbocycles. The highest BCUT2D eigenvalue weighted by atomic mass is 32.2. The van der Waals surface area contributed by atoms with E-state index < -0.39 is 33.5 Å². The number of halogens is 1. The fraction of sp³-hybridized carbons (Fsp3) is 0.440. The van der Waals surface area contributed by atoms with E-state index in [0.29, 0.717) is 11.3 Å². The van der Waals surface area contributed by atoms with Crippen LogP contribution in [0.5, 0.6) is 5.75 Å². The van der Waals surface area contributed by atoms with Crippen LogP contribution in [0.15, 0.2) is 47.4 Å². The molecule has 2 atom stereocenters. The first-order valence-electron chi connectivity index (χ1n) is 11.1. The van der Waals surface area contributed by atoms with E-state index in [1.54, 1.807) is 39.0 Å². The molecule has 0 saturated heterocycles. The van der Waals surface area contributed by atoms with Gasteiger partial charge >= 0.3 is 5.97 Å². The van der Waals surface area contributed by atoms with Crippen LogP contribution in [0.3, 0.4) is 0 Å². The number of sulfonamides is 1. The number of nitrogens with zero attached hydrogens (tertiary/aromatic N) is 1. The molecular formula is C25H30FNO6S. The molecule has 1 heterocycles. The van der Waals surface area contributed by atoms with Crippen molar-refractivity contribution in [1.82, 2.24) is 0 Å². The van der Waals surface area contributed by atoms with Crippen molar-refractivity contribution in [3.63, 3.8) is 0 Å². The summed E-state index contributed by atoms with van der Waals surface area (Å²) in [6, 6.07) is 9.48. The number of carbonyl (C=O) groups is 2. The lowest BCUT2D eigenvalue weighted by Gasteiger charge is -2.38. The number of rotatable bonds is 7. The minimum atomic E-state index is -4.08. The molecule has 1 aliphatic rings. The molecule has 2 aromatic rings. The lowest BCUT2D eigenvalue weighted by molar-refractivity contribution is -0.153. The Balaban J connectivity index is 2.01. The largest absolute Gasteiger partial charge is 0.486 e. The highest BCUT2D eigenvalue weighted by molar-refractivity contribution is 7.92. The van der Waals surface area contributed by atoms with Gasteiger partial charge in [-0.1, -0.05) is 13.0 Å². The summed E-state index contributed by atoms with van der Waals surface area (Å²) in [5.74, 6) is -0.926. The van der Waals surface area contributed by atoms with Crippen LogP contribution in [0.25, 0.3) is 0 Å². The molecule has 0 aliphatic carbocycles. The van der Waals surface area contributed by atoms with Crippen molar-refractivity contribution in [2.45, 2.75) is 64.1 Å². The van der Waals surface area contributed by atoms with E-state index in [4.69, 9.17) is 9.47 Å². The number of benzene rings is 2. The smallest absolute Gasteiger partial charge is 0.310 e. The van der Waals surface area contributed by atoms with Gasteiger partial charge in [0.05, 0.1) is 23.5 Å². The van der Waals surface area contributed by atoms with Crippen molar-refractivity contribution in [1.29, 1.82) is 0 Å². The average molecular weight is 492 g/mol. The third kappa shape index (κ3) is 6.14. The number of ether oxygens (including phenoxy) is 2. The fourth-order valence-electron chi connectivity index (χ4n) is 3.82. The second-order valence-corrected chi connectivity index (χ2v) is 11.5. The second kappa shape index (κ2) is 9.74. The molecular weight excluding hydrogens is 461 g/mol. The second-order valence-electron chi connectivity index (χ2n) is 9.60. The quantitative estimate of drug-likeness (QED) is 0.537. The Morgan fingerprint density at radius 2 is 1.82 bits per heavy atom. The number of anilines is 1. The highest BCUT2D eigenvalue weighted by Gasteiger charge is 2.37. The molecule has 0 unspecified atom stereocenters. The van der Waals surface area contributed by atoms with E-state index in [9.17, 15) is 22.4 Å². The first-order chi connectivity index (χ1) is 15.8. The summed E-state index contributed by atoms with van der Waals surface area (Å²) in [7, 11) is -4.08. The van der Waals surface area contributed by atoms with Crippen LogP contribution in [0.4, 0.5) is 10.1 Å². The minimum Gasteiger partial charge on any atom is -0.486 e. The number of hydrogen-bond donors (Lipinski definition) is 0. The van der Waals surface area contributed by atoms with Crippen molar-refractivity contribution in [3.8, 4) is 5.75 Å². The lowest BCUT2D eigenvalue weighted by Crippen LogP contribution is -2.46. The standard InChI is InChI=1S/C25H30FNO6S/c1-16(12-17(2)28)23-15-27(34(30,31)20-9-7-19(26)8-10-20)21-13-18(6-11-22(21)32-23)14-24(29)33-25(3,4)5/h6-11,13,16,23H,12,14-15H2,1-5H3/t16-,23+/m1/s1. The molecule has 0 radical (unpaired) electrons. The molecule has 184 valence electrons. The van der Waals surface area contributed by atoms with Gasteiger partial charge in [0, 0.05) is 12.3 Å². The minimum absolute atomic E-state index is 0.0254. The Hall–Kier alpha value is -2.94. The average Bonchev–Trinajstić information content (AvgIpc) is 2.71. The van der Waals surface area contributed by atoms with Gasteiger partial charge < -0.3 is 14.3 Å². The lowest BCUT2D eigenvalue weighted by atomic mass is 9.97. The third-order valence-corrected chi connectivity index (χ3v) is 7.12. The molecule has 0 bridgehead atoms. The van der Waals surface area contributed by atoms with E-state index >= 15 is 0 Å². The van der Waals surface area contributed by atoms with Gasteiger partial charge in [0.2, 0.25) is 0 Å². The molecule has 7 nitrogen and oxygen atoms in total. The topological polar surface area (TPSA) is 90.0 Å². The molecule has 0 aromatic heterocycles. The third-order valence-electron chi connectivity index (χ3n) is 5.33. The molecule has 9 heteroatoms. The summed E-state index contributed by atoms with van der Waals surface area (Å²) in [6.07, 6.45) is -0.372. The Bertz CT molecular complexity index is 1170. The van der Waals surface area contributed by atoms with Crippen molar-refractivity contribution < 1.29 is 31.9 Å². The van der Waals surface area contributed by atoms with Crippen LogP contribution in [0.1, 0.15) is 46.6 Å². The summed E-state index contributed by atoms with van der Waals surface area (Å²) in [6.45, 7) is 8.58. The van der Waals surface area contributed by atoms with E-state index in [-0.39, 0.29) is 41.7 Å². The number of esters is 1. The predicted octanol–water partition coefficient (Wildman–Crippen LogP) is 4.28. The van der Waals surface area contributed by atoms with Crippen LogP contribution in [-0.2, 0) is 30.8 Å². The summed E-state index contributed by atoms with van der Waals surface area (Å²) in [5, 5.41) is 0. The Morgan fingerprint density at radius 3 is 2.41 bits per heavy atom. The highest BCUT2D eigenvalue weighted by Crippen LogP contribution is 2.39. The van der Waals surface area contributed by atoms with Gasteiger partial charge in [-0.25, -0.2) is 12.8 Å². The zero-order valence-corrected chi connectivity index (χ0v) is 20.8. The van der Waals surface area contributed by atoms with Crippen LogP contribution >= 0.6 is 0 Å². The summed E-state index contributed by atoms with van der Waals surface area (Å²) in [5.41, 5.74) is 0.190. The number of carbonyl (C=O) groups excluding carboxylic acids is 2. The van der Waals surface area contributed by atoms with Gasteiger partial charge in [-0.3, -0.25) is 9.10 Å².